The molecule has 34 heavy (non-hydrogen) atoms. The topological polar surface area (TPSA) is 132 Å². The van der Waals surface area contributed by atoms with Crippen molar-refractivity contribution < 1.29 is 18.3 Å². The average molecular weight is 484 g/mol. The molecule has 0 radical (unpaired) electrons. The predicted molar refractivity (Wildman–Crippen MR) is 133 cm³/mol. The lowest BCUT2D eigenvalue weighted by Crippen LogP contribution is -2.23. The maximum Gasteiger partial charge on any atom is 0.208 e. The van der Waals surface area contributed by atoms with Crippen LogP contribution in [0.4, 0.5) is 5.82 Å². The van der Waals surface area contributed by atoms with Crippen molar-refractivity contribution in [3.63, 3.8) is 0 Å². The number of aryl methyl sites for hydroxylation is 1. The minimum absolute atomic E-state index is 0.0400. The van der Waals surface area contributed by atoms with E-state index in [1.165, 1.54) is 0 Å². The highest BCUT2D eigenvalue weighted by Crippen LogP contribution is 2.31. The molecule has 4 rings (SSSR count). The summed E-state index contributed by atoms with van der Waals surface area (Å²) in [7, 11) is -3.21. The summed E-state index contributed by atoms with van der Waals surface area (Å²) >= 11 is 0. The molecule has 0 fully saturated rings. The van der Waals surface area contributed by atoms with Crippen LogP contribution < -0.4 is 15.2 Å². The maximum absolute atomic E-state index is 11.3. The number of nitrogens with one attached hydrogen (secondary N) is 1. The van der Waals surface area contributed by atoms with Gasteiger partial charge in [-0.15, -0.1) is 0 Å². The van der Waals surface area contributed by atoms with E-state index in [9.17, 15) is 13.5 Å². The molecular weight excluding hydrogens is 454 g/mol. The van der Waals surface area contributed by atoms with Gasteiger partial charge in [0, 0.05) is 31.0 Å². The standard InChI is InChI=1S/C24H29N5O4S/c1-34(31,32)26-12-5-6-13-29-21(11-14-30)28-22-23(29)19-10-9-18(15-20(19)27-24(22)25)33-16-17-7-3-2-4-8-17/h2-4,7-10,15,26,30H,5-6,11-14,16H2,1H3,(H2,25,27). The van der Waals surface area contributed by atoms with E-state index < -0.39 is 10.0 Å². The van der Waals surface area contributed by atoms with Crippen molar-refractivity contribution in [3.8, 4) is 5.75 Å². The summed E-state index contributed by atoms with van der Waals surface area (Å²) in [6.07, 6.45) is 2.93. The van der Waals surface area contributed by atoms with Crippen molar-refractivity contribution in [3.05, 3.63) is 59.9 Å². The smallest absolute Gasteiger partial charge is 0.208 e. The summed E-state index contributed by atoms with van der Waals surface area (Å²) < 4.78 is 33.1. The molecule has 2 aromatic heterocycles. The summed E-state index contributed by atoms with van der Waals surface area (Å²) in [6, 6.07) is 15.7. The molecule has 0 saturated heterocycles. The highest BCUT2D eigenvalue weighted by atomic mass is 32.2. The molecule has 0 spiro atoms. The number of benzene rings is 2. The van der Waals surface area contributed by atoms with Crippen LogP contribution >= 0.6 is 0 Å². The number of anilines is 1. The van der Waals surface area contributed by atoms with Crippen LogP contribution in [0.5, 0.6) is 5.75 Å². The van der Waals surface area contributed by atoms with E-state index in [2.05, 4.69) is 19.3 Å². The Hall–Kier alpha value is -3.21. The number of rotatable bonds is 11. The van der Waals surface area contributed by atoms with Crippen LogP contribution in [0, 0.1) is 0 Å². The van der Waals surface area contributed by atoms with E-state index in [0.29, 0.717) is 55.1 Å². The van der Waals surface area contributed by atoms with Gasteiger partial charge in [0.1, 0.15) is 23.7 Å². The van der Waals surface area contributed by atoms with E-state index in [1.54, 1.807) is 0 Å². The van der Waals surface area contributed by atoms with Gasteiger partial charge in [-0.2, -0.15) is 0 Å². The molecule has 9 nitrogen and oxygen atoms in total. The van der Waals surface area contributed by atoms with Gasteiger partial charge >= 0.3 is 0 Å². The number of aromatic nitrogens is 3. The SMILES string of the molecule is CS(=O)(=O)NCCCCn1c(CCO)nc2c(N)nc3cc(OCc4ccccc4)ccc3c21. The zero-order valence-electron chi connectivity index (χ0n) is 19.1. The number of ether oxygens (including phenoxy) is 1. The molecule has 0 bridgehead atoms. The summed E-state index contributed by atoms with van der Waals surface area (Å²) in [5.41, 5.74) is 9.50. The number of fused-ring (bicyclic) bond motifs is 3. The summed E-state index contributed by atoms with van der Waals surface area (Å²) in [4.78, 5) is 9.21. The largest absolute Gasteiger partial charge is 0.489 e. The molecular formula is C24H29N5O4S. The molecule has 0 aliphatic carbocycles. The van der Waals surface area contributed by atoms with Gasteiger partial charge in [-0.3, -0.25) is 0 Å². The first-order valence-corrected chi connectivity index (χ1v) is 13.1. The second kappa shape index (κ2) is 10.4. The summed E-state index contributed by atoms with van der Waals surface area (Å²) in [6.45, 7) is 1.39. The Balaban J connectivity index is 1.63. The van der Waals surface area contributed by atoms with Gasteiger partial charge in [-0.25, -0.2) is 23.1 Å². The lowest BCUT2D eigenvalue weighted by molar-refractivity contribution is 0.294. The van der Waals surface area contributed by atoms with Crippen molar-refractivity contribution in [1.82, 2.24) is 19.3 Å². The van der Waals surface area contributed by atoms with Crippen LogP contribution in [0.3, 0.4) is 0 Å². The molecule has 0 aliphatic heterocycles. The molecule has 2 aromatic carbocycles. The van der Waals surface area contributed by atoms with Crippen molar-refractivity contribution >= 4 is 37.8 Å². The molecule has 2 heterocycles. The van der Waals surface area contributed by atoms with Crippen molar-refractivity contribution in [2.75, 3.05) is 25.1 Å². The Morgan fingerprint density at radius 2 is 1.91 bits per heavy atom. The number of nitrogen functional groups attached to an aromatic ring is 1. The molecule has 4 N–H and O–H groups in total. The van der Waals surface area contributed by atoms with Crippen LogP contribution in [0.25, 0.3) is 21.9 Å². The van der Waals surface area contributed by atoms with Gasteiger partial charge in [0.25, 0.3) is 0 Å². The van der Waals surface area contributed by atoms with Crippen molar-refractivity contribution in [2.24, 2.45) is 0 Å². The molecule has 180 valence electrons. The molecule has 4 aromatic rings. The van der Waals surface area contributed by atoms with E-state index in [-0.39, 0.29) is 6.61 Å². The quantitative estimate of drug-likeness (QED) is 0.279. The number of nitrogens with two attached hydrogens (primary N) is 1. The number of nitrogens with zero attached hydrogens (tertiary/aromatic N) is 3. The Morgan fingerprint density at radius 1 is 1.12 bits per heavy atom. The van der Waals surface area contributed by atoms with Gasteiger partial charge in [0.2, 0.25) is 10.0 Å². The fourth-order valence-electron chi connectivity index (χ4n) is 3.95. The zero-order chi connectivity index (χ0) is 24.1. The number of pyridine rings is 1. The third kappa shape index (κ3) is 5.64. The Kier molecular flexibility index (Phi) is 7.30. The number of hydrogen-bond acceptors (Lipinski definition) is 7. The molecule has 0 aliphatic rings. The van der Waals surface area contributed by atoms with E-state index in [0.717, 1.165) is 35.0 Å². The van der Waals surface area contributed by atoms with Gasteiger partial charge < -0.3 is 20.1 Å². The predicted octanol–water partition coefficient (Wildman–Crippen LogP) is 2.61. The van der Waals surface area contributed by atoms with Gasteiger partial charge in [0.15, 0.2) is 5.82 Å². The van der Waals surface area contributed by atoms with Crippen LogP contribution in [0.2, 0.25) is 0 Å². The number of aliphatic hydroxyl groups is 1. The van der Waals surface area contributed by atoms with E-state index in [1.807, 2.05) is 48.5 Å². The second-order valence-electron chi connectivity index (χ2n) is 8.17. The number of imidazole rings is 1. The highest BCUT2D eigenvalue weighted by molar-refractivity contribution is 7.88. The monoisotopic (exact) mass is 483 g/mol. The third-order valence-electron chi connectivity index (χ3n) is 5.51. The summed E-state index contributed by atoms with van der Waals surface area (Å²) in [5.74, 6) is 1.73. The number of aliphatic hydroxyl groups excluding tert-OH is 1. The number of hydrogen-bond donors (Lipinski definition) is 3. The third-order valence-corrected chi connectivity index (χ3v) is 6.24. The fourth-order valence-corrected chi connectivity index (χ4v) is 4.47. The Bertz CT molecular complexity index is 1390. The van der Waals surface area contributed by atoms with E-state index >= 15 is 0 Å². The molecule has 10 heteroatoms. The Morgan fingerprint density at radius 3 is 2.65 bits per heavy atom. The minimum atomic E-state index is -3.21. The minimum Gasteiger partial charge on any atom is -0.489 e. The first-order valence-electron chi connectivity index (χ1n) is 11.2. The van der Waals surface area contributed by atoms with Gasteiger partial charge in [-0.1, -0.05) is 30.3 Å². The first-order chi connectivity index (χ1) is 16.4. The molecule has 0 amide bonds. The number of unbranched alkanes of at least 4 members (excludes halogenated alkanes) is 1. The van der Waals surface area contributed by atoms with Crippen LogP contribution in [0.15, 0.2) is 48.5 Å². The van der Waals surface area contributed by atoms with Crippen molar-refractivity contribution in [1.29, 1.82) is 0 Å². The van der Waals surface area contributed by atoms with E-state index in [4.69, 9.17) is 10.5 Å². The highest BCUT2D eigenvalue weighted by Gasteiger charge is 2.17. The van der Waals surface area contributed by atoms with Crippen molar-refractivity contribution in [2.45, 2.75) is 32.4 Å². The Labute approximate surface area is 198 Å². The van der Waals surface area contributed by atoms with Crippen LogP contribution in [-0.4, -0.2) is 47.5 Å². The lowest BCUT2D eigenvalue weighted by atomic mass is 10.1. The maximum atomic E-state index is 11.3. The van der Waals surface area contributed by atoms with Gasteiger partial charge in [0.05, 0.1) is 23.9 Å². The molecule has 0 atom stereocenters. The first kappa shape index (κ1) is 23.9. The molecule has 0 saturated carbocycles. The second-order valence-corrected chi connectivity index (χ2v) is 10.0. The number of sulfonamides is 1. The van der Waals surface area contributed by atoms with Crippen LogP contribution in [-0.2, 0) is 29.6 Å². The lowest BCUT2D eigenvalue weighted by Gasteiger charge is -2.12. The molecule has 0 unspecified atom stereocenters. The zero-order valence-corrected chi connectivity index (χ0v) is 19.9. The summed E-state index contributed by atoms with van der Waals surface area (Å²) in [5, 5.41) is 10.4. The van der Waals surface area contributed by atoms with Crippen LogP contribution in [0.1, 0.15) is 24.2 Å². The normalized spacial score (nSPS) is 11.9. The average Bonchev–Trinajstić information content (AvgIpc) is 3.16. The fraction of sp³-hybridized carbons (Fsp3) is 0.333. The van der Waals surface area contributed by atoms with Gasteiger partial charge in [-0.05, 0) is 30.5 Å².